The lowest BCUT2D eigenvalue weighted by Crippen LogP contribution is -2.54. The zero-order valence-electron chi connectivity index (χ0n) is 20.3. The molecule has 0 aliphatic carbocycles. The van der Waals surface area contributed by atoms with Crippen LogP contribution in [0.1, 0.15) is 11.1 Å². The first kappa shape index (κ1) is 27.4. The van der Waals surface area contributed by atoms with Crippen LogP contribution in [-0.4, -0.2) is 24.0 Å². The van der Waals surface area contributed by atoms with E-state index in [0.29, 0.717) is 23.7 Å². The zero-order chi connectivity index (χ0) is 27.7. The Labute approximate surface area is 253 Å². The highest BCUT2D eigenvalue weighted by atomic mass is 127. The van der Waals surface area contributed by atoms with E-state index in [2.05, 4.69) is 52.2 Å². The van der Waals surface area contributed by atoms with Crippen LogP contribution in [0, 0.1) is 3.57 Å². The Balaban J connectivity index is 1.44. The predicted molar refractivity (Wildman–Crippen MR) is 167 cm³/mol. The third-order valence-electron chi connectivity index (χ3n) is 6.03. The molecule has 1 aliphatic heterocycles. The molecule has 4 aromatic rings. The predicted octanol–water partition coefficient (Wildman–Crippen LogP) is 7.17. The van der Waals surface area contributed by atoms with Gasteiger partial charge in [-0.15, -0.1) is 0 Å². The van der Waals surface area contributed by atoms with Crippen LogP contribution in [-0.2, 0) is 16.2 Å². The van der Waals surface area contributed by atoms with Gasteiger partial charge in [0.25, 0.3) is 11.8 Å². The number of amides is 2. The summed E-state index contributed by atoms with van der Waals surface area (Å²) < 4.78 is 12.5. The van der Waals surface area contributed by atoms with Crippen LogP contribution in [0.2, 0.25) is 10.0 Å². The molecule has 0 radical (unpaired) electrons. The minimum atomic E-state index is -0.626. The normalized spacial score (nSPS) is 14.6. The molecule has 6 nitrogen and oxygen atoms in total. The lowest BCUT2D eigenvalue weighted by Gasteiger charge is -2.29. The molecule has 0 saturated carbocycles. The lowest BCUT2D eigenvalue weighted by atomic mass is 10.1. The van der Waals surface area contributed by atoms with Crippen LogP contribution in [0.25, 0.3) is 16.8 Å². The average molecular weight is 689 g/mol. The number of fused-ring (bicyclic) bond motifs is 1. The summed E-state index contributed by atoms with van der Waals surface area (Å²) in [5.74, 6) is -0.228. The molecular weight excluding hydrogens is 670 g/mol. The van der Waals surface area contributed by atoms with E-state index in [0.717, 1.165) is 24.8 Å². The van der Waals surface area contributed by atoms with Gasteiger partial charge < -0.3 is 9.47 Å². The van der Waals surface area contributed by atoms with Crippen molar-refractivity contribution >= 4 is 97.5 Å². The molecule has 1 fully saturated rings. The molecule has 1 heterocycles. The monoisotopic (exact) mass is 688 g/mol. The summed E-state index contributed by atoms with van der Waals surface area (Å²) >= 11 is 19.9. The van der Waals surface area contributed by atoms with E-state index in [1.165, 1.54) is 13.2 Å². The molecule has 0 aromatic heterocycles. The topological polar surface area (TPSA) is 67.9 Å². The molecule has 1 aliphatic rings. The SMILES string of the molecule is COc1cc(/C=C2\C(=O)NC(=S)N(c3cccc(Cl)c3Cl)C2=O)cc(I)c1OCc1ccc2ccccc2c1. The minimum Gasteiger partial charge on any atom is -0.493 e. The first-order valence-electron chi connectivity index (χ1n) is 11.6. The van der Waals surface area contributed by atoms with Crippen LogP contribution in [0.5, 0.6) is 11.5 Å². The van der Waals surface area contributed by atoms with Gasteiger partial charge >= 0.3 is 0 Å². The van der Waals surface area contributed by atoms with E-state index < -0.39 is 11.8 Å². The van der Waals surface area contributed by atoms with Crippen LogP contribution < -0.4 is 19.7 Å². The first-order chi connectivity index (χ1) is 18.8. The van der Waals surface area contributed by atoms with Crippen molar-refractivity contribution in [3.63, 3.8) is 0 Å². The number of ether oxygens (including phenoxy) is 2. The Hall–Kier alpha value is -3.18. The molecule has 1 N–H and O–H groups in total. The number of carbonyl (C=O) groups is 2. The minimum absolute atomic E-state index is 0.0871. The smallest absolute Gasteiger partial charge is 0.270 e. The summed E-state index contributed by atoms with van der Waals surface area (Å²) in [7, 11) is 1.53. The summed E-state index contributed by atoms with van der Waals surface area (Å²) in [6.45, 7) is 0.339. The fourth-order valence-electron chi connectivity index (χ4n) is 4.16. The van der Waals surface area contributed by atoms with Crippen molar-refractivity contribution in [1.29, 1.82) is 0 Å². The van der Waals surface area contributed by atoms with E-state index >= 15 is 0 Å². The number of nitrogens with one attached hydrogen (secondary N) is 1. The number of anilines is 1. The number of methoxy groups -OCH3 is 1. The number of hydrogen-bond donors (Lipinski definition) is 1. The fourth-order valence-corrected chi connectivity index (χ4v) is 5.59. The zero-order valence-corrected chi connectivity index (χ0v) is 24.8. The van der Waals surface area contributed by atoms with E-state index in [1.54, 1.807) is 30.3 Å². The van der Waals surface area contributed by atoms with Crippen molar-refractivity contribution in [1.82, 2.24) is 5.32 Å². The van der Waals surface area contributed by atoms with E-state index in [-0.39, 0.29) is 26.4 Å². The first-order valence-corrected chi connectivity index (χ1v) is 13.8. The van der Waals surface area contributed by atoms with Crippen LogP contribution in [0.3, 0.4) is 0 Å². The fraction of sp³-hybridized carbons (Fsp3) is 0.0690. The number of halogens is 3. The Morgan fingerprint density at radius 1 is 1.00 bits per heavy atom. The summed E-state index contributed by atoms with van der Waals surface area (Å²) in [5.41, 5.74) is 1.73. The Bertz CT molecular complexity index is 1690. The maximum absolute atomic E-state index is 13.4. The molecule has 1 saturated heterocycles. The van der Waals surface area contributed by atoms with Gasteiger partial charge in [-0.05, 0) is 93.1 Å². The second-order valence-corrected chi connectivity index (χ2v) is 10.9. The number of hydrogen-bond acceptors (Lipinski definition) is 5. The molecule has 39 heavy (non-hydrogen) atoms. The van der Waals surface area contributed by atoms with Crippen LogP contribution in [0.15, 0.2) is 78.4 Å². The Kier molecular flexibility index (Phi) is 8.08. The van der Waals surface area contributed by atoms with Crippen molar-refractivity contribution in [2.75, 3.05) is 12.0 Å². The molecule has 2 amide bonds. The van der Waals surface area contributed by atoms with Crippen molar-refractivity contribution in [2.24, 2.45) is 0 Å². The number of benzene rings is 4. The molecule has 0 spiro atoms. The van der Waals surface area contributed by atoms with Crippen molar-refractivity contribution in [3.05, 3.63) is 103 Å². The summed E-state index contributed by atoms with van der Waals surface area (Å²) in [4.78, 5) is 27.4. The summed E-state index contributed by atoms with van der Waals surface area (Å²) in [6.07, 6.45) is 1.47. The molecule has 0 bridgehead atoms. The number of nitrogens with zero attached hydrogens (tertiary/aromatic N) is 1. The molecule has 196 valence electrons. The van der Waals surface area contributed by atoms with Crippen LogP contribution in [0.4, 0.5) is 5.69 Å². The standard InChI is InChI=1S/C29H19Cl2IN2O4S/c1-37-24-14-17(13-22(32)26(24)38-15-16-9-10-18-5-2-3-6-19(18)11-16)12-20-27(35)33-29(39)34(28(20)36)23-8-4-7-21(30)25(23)31/h2-14H,15H2,1H3,(H,33,35,39)/b20-12+. The van der Waals surface area contributed by atoms with Gasteiger partial charge in [-0.2, -0.15) is 0 Å². The van der Waals surface area contributed by atoms with Gasteiger partial charge in [0.1, 0.15) is 12.2 Å². The Morgan fingerprint density at radius 3 is 2.54 bits per heavy atom. The highest BCUT2D eigenvalue weighted by Gasteiger charge is 2.35. The van der Waals surface area contributed by atoms with Gasteiger partial charge in [-0.1, -0.05) is 65.7 Å². The number of rotatable bonds is 6. The van der Waals surface area contributed by atoms with Crippen LogP contribution >= 0.6 is 58.0 Å². The molecule has 0 atom stereocenters. The van der Waals surface area contributed by atoms with Gasteiger partial charge in [-0.25, -0.2) is 0 Å². The molecular formula is C29H19Cl2IN2O4S. The van der Waals surface area contributed by atoms with Gasteiger partial charge in [-0.3, -0.25) is 19.8 Å². The number of thiocarbonyl (C=S) groups is 1. The second kappa shape index (κ2) is 11.5. The van der Waals surface area contributed by atoms with Crippen molar-refractivity contribution < 1.29 is 19.1 Å². The third kappa shape index (κ3) is 5.60. The van der Waals surface area contributed by atoms with Gasteiger partial charge in [0.05, 0.1) is 26.4 Å². The largest absolute Gasteiger partial charge is 0.493 e. The van der Waals surface area contributed by atoms with E-state index in [1.807, 2.05) is 18.2 Å². The maximum Gasteiger partial charge on any atom is 0.270 e. The highest BCUT2D eigenvalue weighted by Crippen LogP contribution is 2.37. The lowest BCUT2D eigenvalue weighted by molar-refractivity contribution is -0.122. The van der Waals surface area contributed by atoms with Gasteiger partial charge in [0.15, 0.2) is 16.6 Å². The van der Waals surface area contributed by atoms with Crippen molar-refractivity contribution in [3.8, 4) is 11.5 Å². The summed E-state index contributed by atoms with van der Waals surface area (Å²) in [6, 6.07) is 22.6. The molecule has 5 rings (SSSR count). The van der Waals surface area contributed by atoms with Gasteiger partial charge in [0, 0.05) is 0 Å². The molecule has 10 heteroatoms. The van der Waals surface area contributed by atoms with E-state index in [9.17, 15) is 9.59 Å². The summed E-state index contributed by atoms with van der Waals surface area (Å²) in [5, 5.41) is 5.15. The maximum atomic E-state index is 13.4. The average Bonchev–Trinajstić information content (AvgIpc) is 2.92. The molecule has 0 unspecified atom stereocenters. The van der Waals surface area contributed by atoms with Gasteiger partial charge in [0.2, 0.25) is 0 Å². The van der Waals surface area contributed by atoms with Crippen molar-refractivity contribution in [2.45, 2.75) is 6.61 Å². The Morgan fingerprint density at radius 2 is 1.77 bits per heavy atom. The quantitative estimate of drug-likeness (QED) is 0.101. The molecule has 4 aromatic carbocycles. The number of carbonyl (C=O) groups excluding carboxylic acids is 2. The third-order valence-corrected chi connectivity index (χ3v) is 7.93. The second-order valence-electron chi connectivity index (χ2n) is 8.54. The highest BCUT2D eigenvalue weighted by molar-refractivity contribution is 14.1. The van der Waals surface area contributed by atoms with E-state index in [4.69, 9.17) is 44.9 Å².